The summed E-state index contributed by atoms with van der Waals surface area (Å²) in [4.78, 5) is 18.4. The molecule has 11 heavy (non-hydrogen) atoms. The molecule has 0 heterocycles. The smallest absolute Gasteiger partial charge is 0.302 e. The molecule has 1 radical (unpaired) electrons. The Labute approximate surface area is 92.5 Å². The van der Waals surface area contributed by atoms with Crippen LogP contribution in [0.4, 0.5) is 0 Å². The average molecular weight is 238 g/mol. The number of hydrogen-bond donors (Lipinski definition) is 0. The van der Waals surface area contributed by atoms with Crippen LogP contribution in [-0.2, 0) is 51.8 Å². The second kappa shape index (κ2) is 22.5. The average Bonchev–Trinajstić information content (AvgIpc) is 1.89. The molecule has 0 amide bonds. The fraction of sp³-hybridized carbons (Fsp3) is 0.667. The van der Waals surface area contributed by atoms with E-state index in [0.717, 1.165) is 0 Å². The minimum absolute atomic E-state index is 0. The topological polar surface area (TPSA) is 52.6 Å². The summed E-state index contributed by atoms with van der Waals surface area (Å²) in [7, 11) is 2.61. The summed E-state index contributed by atoms with van der Waals surface area (Å²) in [6, 6.07) is 0. The summed E-state index contributed by atoms with van der Waals surface area (Å²) in [6.45, 7) is 2.54. The van der Waals surface area contributed by atoms with Crippen molar-refractivity contribution in [1.82, 2.24) is 0 Å². The molecule has 0 aromatic carbocycles. The first-order valence-electron chi connectivity index (χ1n) is 2.13. The molecule has 0 unspecified atom stereocenters. The third-order valence-corrected chi connectivity index (χ3v) is 0.371. The maximum atomic E-state index is 9.59. The van der Waals surface area contributed by atoms with E-state index in [2.05, 4.69) is 9.47 Å². The summed E-state index contributed by atoms with van der Waals surface area (Å²) in [5.74, 6) is -0.245. The van der Waals surface area contributed by atoms with Crippen LogP contribution in [0.1, 0.15) is 14.4 Å². The van der Waals surface area contributed by atoms with Crippen molar-refractivity contribution in [1.29, 1.82) is 0 Å². The first-order chi connectivity index (χ1) is 4.18. The summed E-state index contributed by atoms with van der Waals surface area (Å²) in [5, 5.41) is 0. The van der Waals surface area contributed by atoms with Crippen LogP contribution in [0, 0.1) is 0 Å². The van der Waals surface area contributed by atoms with Crippen molar-refractivity contribution < 1.29 is 51.8 Å². The molecule has 0 spiro atoms. The van der Waals surface area contributed by atoms with E-state index in [1.165, 1.54) is 27.6 Å². The van der Waals surface area contributed by atoms with Gasteiger partial charge >= 0.3 is 5.97 Å². The number of esters is 1. The zero-order valence-electron chi connectivity index (χ0n) is 6.21. The Morgan fingerprint density at radius 2 is 1.55 bits per heavy atom. The number of carbonyl (C=O) groups is 1. The van der Waals surface area contributed by atoms with Crippen molar-refractivity contribution in [3.63, 3.8) is 0 Å². The van der Waals surface area contributed by atoms with Crippen LogP contribution < -0.4 is 0 Å². The Hall–Kier alpha value is 0.0439. The Morgan fingerprint density at radius 3 is 1.55 bits per heavy atom. The van der Waals surface area contributed by atoms with Crippen molar-refractivity contribution in [2.45, 2.75) is 14.4 Å². The Kier molecular flexibility index (Phi) is 45.9. The first-order valence-corrected chi connectivity index (χ1v) is 2.13. The van der Waals surface area contributed by atoms with Gasteiger partial charge in [0.1, 0.15) is 0 Å². The molecule has 0 aromatic rings. The van der Waals surface area contributed by atoms with Crippen molar-refractivity contribution in [2.75, 3.05) is 14.2 Å². The Morgan fingerprint density at radius 1 is 1.36 bits per heavy atom. The zero-order chi connectivity index (χ0) is 7.70. The van der Waals surface area contributed by atoms with E-state index < -0.39 is 0 Å². The maximum Gasteiger partial charge on any atom is 0.302 e. The molecule has 0 aliphatic heterocycles. The van der Waals surface area contributed by atoms with E-state index in [0.29, 0.717) is 0 Å². The van der Waals surface area contributed by atoms with Crippen LogP contribution in [0.15, 0.2) is 0 Å². The van der Waals surface area contributed by atoms with Gasteiger partial charge in [-0.15, -0.1) is 0 Å². The van der Waals surface area contributed by atoms with E-state index in [9.17, 15) is 4.79 Å². The monoisotopic (exact) mass is 238 g/mol. The molecule has 0 aromatic heterocycles. The second-order valence-electron chi connectivity index (χ2n) is 0.983. The summed E-state index contributed by atoms with van der Waals surface area (Å²) >= 11 is 0. The molecule has 65 valence electrons. The molecule has 0 aliphatic rings. The molecular formula is C6H13O4Y-. The van der Waals surface area contributed by atoms with Gasteiger partial charge in [0.05, 0.1) is 7.11 Å². The van der Waals surface area contributed by atoms with Gasteiger partial charge in [-0.2, -0.15) is 0 Å². The van der Waals surface area contributed by atoms with Gasteiger partial charge < -0.3 is 14.3 Å². The molecule has 5 heteroatoms. The summed E-state index contributed by atoms with van der Waals surface area (Å²) < 4.78 is 7.85. The van der Waals surface area contributed by atoms with Gasteiger partial charge in [-0.25, -0.2) is 0 Å². The van der Waals surface area contributed by atoms with Crippen molar-refractivity contribution in [3.05, 3.63) is 0 Å². The van der Waals surface area contributed by atoms with E-state index >= 15 is 0 Å². The van der Waals surface area contributed by atoms with Crippen LogP contribution >= 0.6 is 0 Å². The van der Waals surface area contributed by atoms with Gasteiger partial charge in [0.15, 0.2) is 0 Å². The zero-order valence-corrected chi connectivity index (χ0v) is 9.05. The molecule has 0 saturated heterocycles. The second-order valence-corrected chi connectivity index (χ2v) is 0.983. The Bertz CT molecular complexity index is 84.7. The minimum Gasteiger partial charge on any atom is -0.655 e. The number of hydrogen-bond acceptors (Lipinski definition) is 4. The molecule has 0 atom stereocenters. The third kappa shape index (κ3) is 70.1. The quantitative estimate of drug-likeness (QED) is 0.493. The number of methoxy groups -OCH3 is 2. The van der Waals surface area contributed by atoms with Gasteiger partial charge in [0.25, 0.3) is 0 Å². The SMILES string of the molecule is C.COC(C)=O.CO[C-]=O.[Y]. The first kappa shape index (κ1) is 22.5. The molecule has 0 aliphatic carbocycles. The van der Waals surface area contributed by atoms with E-state index in [1.54, 1.807) is 0 Å². The fourth-order valence-electron chi connectivity index (χ4n) is 0. The largest absolute Gasteiger partial charge is 0.655 e. The summed E-state index contributed by atoms with van der Waals surface area (Å²) in [5.41, 5.74) is 0. The van der Waals surface area contributed by atoms with Gasteiger partial charge in [0, 0.05) is 46.7 Å². The number of ether oxygens (including phenoxy) is 2. The van der Waals surface area contributed by atoms with Crippen LogP contribution in [0.2, 0.25) is 0 Å². The molecule has 0 saturated carbocycles. The molecule has 0 bridgehead atoms. The normalized spacial score (nSPS) is 5.00. The number of carbonyl (C=O) groups excluding carboxylic acids is 2. The molecule has 0 rings (SSSR count). The molecular weight excluding hydrogens is 225 g/mol. The predicted molar refractivity (Wildman–Crippen MR) is 37.1 cm³/mol. The van der Waals surface area contributed by atoms with Crippen LogP contribution in [0.5, 0.6) is 0 Å². The number of rotatable bonds is 1. The van der Waals surface area contributed by atoms with Crippen molar-refractivity contribution in [3.8, 4) is 0 Å². The minimum atomic E-state index is -0.245. The van der Waals surface area contributed by atoms with Crippen LogP contribution in [-0.4, -0.2) is 26.7 Å². The van der Waals surface area contributed by atoms with Crippen molar-refractivity contribution >= 4 is 12.4 Å². The van der Waals surface area contributed by atoms with E-state index in [1.807, 2.05) is 0 Å². The van der Waals surface area contributed by atoms with Crippen LogP contribution in [0.25, 0.3) is 0 Å². The Balaban J connectivity index is -0.0000000383. The standard InChI is InChI=1S/C3H6O2.C2H3O2.CH4.Y/c1-3(4)5-2;1-4-2-3;;/h1-2H3;1H3;1H4;/q;-1;;. The van der Waals surface area contributed by atoms with Crippen molar-refractivity contribution in [2.24, 2.45) is 0 Å². The van der Waals surface area contributed by atoms with Gasteiger partial charge in [-0.3, -0.25) is 4.79 Å². The molecule has 0 fully saturated rings. The maximum absolute atomic E-state index is 9.59. The van der Waals surface area contributed by atoms with E-state index in [4.69, 9.17) is 4.79 Å². The molecule has 4 nitrogen and oxygen atoms in total. The predicted octanol–water partition coefficient (Wildman–Crippen LogP) is 0.513. The summed E-state index contributed by atoms with van der Waals surface area (Å²) in [6.07, 6.45) is 0. The van der Waals surface area contributed by atoms with E-state index in [-0.39, 0.29) is 46.1 Å². The van der Waals surface area contributed by atoms with Crippen LogP contribution in [0.3, 0.4) is 0 Å². The fourth-order valence-corrected chi connectivity index (χ4v) is 0. The third-order valence-electron chi connectivity index (χ3n) is 0.371. The van der Waals surface area contributed by atoms with Gasteiger partial charge in [-0.05, 0) is 0 Å². The van der Waals surface area contributed by atoms with Gasteiger partial charge in [0.2, 0.25) is 0 Å². The van der Waals surface area contributed by atoms with Gasteiger partial charge in [-0.1, -0.05) is 13.9 Å². The molecule has 0 N–H and O–H groups in total.